The lowest BCUT2D eigenvalue weighted by Crippen LogP contribution is -2.21. The van der Waals surface area contributed by atoms with E-state index in [1.807, 2.05) is 43.3 Å². The Hall–Kier alpha value is -1.94. The second kappa shape index (κ2) is 7.75. The molecule has 2 aromatic rings. The molecule has 0 aliphatic heterocycles. The zero-order chi connectivity index (χ0) is 17.7. The van der Waals surface area contributed by atoms with Crippen LogP contribution < -0.4 is 5.43 Å². The van der Waals surface area contributed by atoms with Crippen molar-refractivity contribution >= 4 is 27.5 Å². The summed E-state index contributed by atoms with van der Waals surface area (Å²) in [5.74, 6) is -0.122. The smallest absolute Gasteiger partial charge is 0.244 e. The lowest BCUT2D eigenvalue weighted by atomic mass is 9.86. The minimum Gasteiger partial charge on any atom is -0.273 e. The fraction of sp³-hybridized carbons (Fsp3) is 0.300. The first kappa shape index (κ1) is 18.4. The molecule has 0 heterocycles. The van der Waals surface area contributed by atoms with Gasteiger partial charge in [0.25, 0.3) is 0 Å². The minimum absolute atomic E-state index is 0.122. The number of amides is 1. The number of carbonyl (C=O) groups is 1. The number of rotatable bonds is 4. The van der Waals surface area contributed by atoms with Crippen molar-refractivity contribution in [2.75, 3.05) is 0 Å². The van der Waals surface area contributed by atoms with Crippen LogP contribution >= 0.6 is 15.9 Å². The Labute approximate surface area is 152 Å². The molecule has 126 valence electrons. The fourth-order valence-corrected chi connectivity index (χ4v) is 2.51. The first-order valence-corrected chi connectivity index (χ1v) is 8.73. The molecule has 24 heavy (non-hydrogen) atoms. The molecular formula is C20H23BrN2O. The number of nitrogens with one attached hydrogen (secondary N) is 1. The highest BCUT2D eigenvalue weighted by Crippen LogP contribution is 2.22. The molecule has 0 aromatic heterocycles. The van der Waals surface area contributed by atoms with Crippen molar-refractivity contribution in [3.63, 3.8) is 0 Å². The summed E-state index contributed by atoms with van der Waals surface area (Å²) in [5, 5.41) is 4.21. The first-order chi connectivity index (χ1) is 11.3. The summed E-state index contributed by atoms with van der Waals surface area (Å²) in [6, 6.07) is 16.0. The Morgan fingerprint density at radius 1 is 1.04 bits per heavy atom. The molecule has 0 saturated carbocycles. The average Bonchev–Trinajstić information content (AvgIpc) is 2.54. The summed E-state index contributed by atoms with van der Waals surface area (Å²) in [5.41, 5.74) is 6.78. The van der Waals surface area contributed by atoms with Crippen LogP contribution in [0.5, 0.6) is 0 Å². The van der Waals surface area contributed by atoms with E-state index >= 15 is 0 Å². The van der Waals surface area contributed by atoms with Gasteiger partial charge >= 0.3 is 0 Å². The molecule has 0 radical (unpaired) electrons. The van der Waals surface area contributed by atoms with Crippen LogP contribution in [0.25, 0.3) is 0 Å². The molecule has 2 aromatic carbocycles. The number of hydrogen-bond acceptors (Lipinski definition) is 2. The Balaban J connectivity index is 1.97. The summed E-state index contributed by atoms with van der Waals surface area (Å²) in [7, 11) is 0. The SMILES string of the molecule is C/C(=N\NC(=O)Cc1ccc(Br)cc1)c1ccc(C(C)(C)C)cc1. The van der Waals surface area contributed by atoms with Gasteiger partial charge < -0.3 is 0 Å². The summed E-state index contributed by atoms with van der Waals surface area (Å²) >= 11 is 3.38. The molecule has 2 rings (SSSR count). The number of nitrogens with zero attached hydrogens (tertiary/aromatic N) is 1. The molecule has 0 spiro atoms. The Morgan fingerprint density at radius 2 is 1.62 bits per heavy atom. The van der Waals surface area contributed by atoms with Gasteiger partial charge in [-0.15, -0.1) is 0 Å². The van der Waals surface area contributed by atoms with Crippen molar-refractivity contribution in [1.29, 1.82) is 0 Å². The van der Waals surface area contributed by atoms with E-state index in [0.717, 1.165) is 21.3 Å². The highest BCUT2D eigenvalue weighted by molar-refractivity contribution is 9.10. The molecular weight excluding hydrogens is 364 g/mol. The molecule has 0 bridgehead atoms. The molecule has 4 heteroatoms. The van der Waals surface area contributed by atoms with E-state index in [4.69, 9.17) is 0 Å². The van der Waals surface area contributed by atoms with Crippen LogP contribution in [0.1, 0.15) is 44.4 Å². The van der Waals surface area contributed by atoms with Crippen LogP contribution in [0, 0.1) is 0 Å². The number of hydrazone groups is 1. The molecule has 0 unspecified atom stereocenters. The third-order valence-electron chi connectivity index (χ3n) is 3.79. The second-order valence-corrected chi connectivity index (χ2v) is 7.78. The molecule has 0 fully saturated rings. The van der Waals surface area contributed by atoms with Gasteiger partial charge in [-0.1, -0.05) is 73.1 Å². The Bertz CT molecular complexity index is 726. The maximum atomic E-state index is 12.0. The van der Waals surface area contributed by atoms with Gasteiger partial charge in [-0.05, 0) is 41.2 Å². The summed E-state index contributed by atoms with van der Waals surface area (Å²) in [6.07, 6.45) is 0.313. The van der Waals surface area contributed by atoms with Crippen molar-refractivity contribution in [1.82, 2.24) is 5.43 Å². The van der Waals surface area contributed by atoms with E-state index in [0.29, 0.717) is 6.42 Å². The van der Waals surface area contributed by atoms with E-state index < -0.39 is 0 Å². The number of halogens is 1. The van der Waals surface area contributed by atoms with Gasteiger partial charge in [-0.2, -0.15) is 5.10 Å². The third-order valence-corrected chi connectivity index (χ3v) is 4.32. The molecule has 0 atom stereocenters. The normalized spacial score (nSPS) is 12.1. The van der Waals surface area contributed by atoms with Crippen LogP contribution in [0.2, 0.25) is 0 Å². The van der Waals surface area contributed by atoms with Gasteiger partial charge in [-0.3, -0.25) is 4.79 Å². The largest absolute Gasteiger partial charge is 0.273 e. The van der Waals surface area contributed by atoms with E-state index in [2.05, 4.69) is 59.4 Å². The van der Waals surface area contributed by atoms with Gasteiger partial charge in [0, 0.05) is 4.47 Å². The first-order valence-electron chi connectivity index (χ1n) is 7.94. The number of benzene rings is 2. The van der Waals surface area contributed by atoms with E-state index in [9.17, 15) is 4.79 Å². The van der Waals surface area contributed by atoms with Crippen LogP contribution in [0.4, 0.5) is 0 Å². The monoisotopic (exact) mass is 386 g/mol. The quantitative estimate of drug-likeness (QED) is 0.593. The zero-order valence-corrected chi connectivity index (χ0v) is 16.1. The lowest BCUT2D eigenvalue weighted by molar-refractivity contribution is -0.120. The third kappa shape index (κ3) is 5.31. The fourth-order valence-electron chi connectivity index (χ4n) is 2.25. The highest BCUT2D eigenvalue weighted by Gasteiger charge is 2.13. The summed E-state index contributed by atoms with van der Waals surface area (Å²) in [6.45, 7) is 8.45. The maximum absolute atomic E-state index is 12.0. The van der Waals surface area contributed by atoms with Crippen molar-refractivity contribution in [2.24, 2.45) is 5.10 Å². The van der Waals surface area contributed by atoms with E-state index in [-0.39, 0.29) is 11.3 Å². The molecule has 0 saturated heterocycles. The van der Waals surface area contributed by atoms with Gasteiger partial charge in [0.15, 0.2) is 0 Å². The maximum Gasteiger partial charge on any atom is 0.244 e. The molecule has 1 amide bonds. The predicted octanol–water partition coefficient (Wildman–Crippen LogP) is 4.83. The zero-order valence-electron chi connectivity index (χ0n) is 14.6. The molecule has 1 N–H and O–H groups in total. The van der Waals surface area contributed by atoms with Gasteiger partial charge in [0.1, 0.15) is 0 Å². The van der Waals surface area contributed by atoms with Crippen molar-refractivity contribution in [3.05, 3.63) is 69.7 Å². The Morgan fingerprint density at radius 3 is 2.17 bits per heavy atom. The lowest BCUT2D eigenvalue weighted by Gasteiger charge is -2.19. The average molecular weight is 387 g/mol. The van der Waals surface area contributed by atoms with Crippen molar-refractivity contribution < 1.29 is 4.79 Å². The molecule has 3 nitrogen and oxygen atoms in total. The predicted molar refractivity (Wildman–Crippen MR) is 103 cm³/mol. The van der Waals surface area contributed by atoms with Gasteiger partial charge in [-0.25, -0.2) is 5.43 Å². The van der Waals surface area contributed by atoms with Crippen LogP contribution in [-0.4, -0.2) is 11.6 Å². The molecule has 0 aliphatic carbocycles. The highest BCUT2D eigenvalue weighted by atomic mass is 79.9. The van der Waals surface area contributed by atoms with Crippen LogP contribution in [0.3, 0.4) is 0 Å². The topological polar surface area (TPSA) is 41.5 Å². The standard InChI is InChI=1S/C20H23BrN2O/c1-14(16-7-9-17(10-8-16)20(2,3)4)22-23-19(24)13-15-5-11-18(21)12-6-15/h5-12H,13H2,1-4H3,(H,23,24)/b22-14+. The second-order valence-electron chi connectivity index (χ2n) is 6.86. The van der Waals surface area contributed by atoms with Crippen molar-refractivity contribution in [2.45, 2.75) is 39.5 Å². The summed E-state index contributed by atoms with van der Waals surface area (Å²) in [4.78, 5) is 12.0. The van der Waals surface area contributed by atoms with Crippen molar-refractivity contribution in [3.8, 4) is 0 Å². The number of hydrogen-bond donors (Lipinski definition) is 1. The van der Waals surface area contributed by atoms with Gasteiger partial charge in [0.2, 0.25) is 5.91 Å². The van der Waals surface area contributed by atoms with E-state index in [1.165, 1.54) is 5.56 Å². The Kier molecular flexibility index (Phi) is 5.94. The minimum atomic E-state index is -0.122. The van der Waals surface area contributed by atoms with Gasteiger partial charge in [0.05, 0.1) is 12.1 Å². The summed E-state index contributed by atoms with van der Waals surface area (Å²) < 4.78 is 0.999. The van der Waals surface area contributed by atoms with Crippen LogP contribution in [0.15, 0.2) is 58.1 Å². The number of carbonyl (C=O) groups excluding carboxylic acids is 1. The molecule has 0 aliphatic rings. The van der Waals surface area contributed by atoms with Crippen LogP contribution in [-0.2, 0) is 16.6 Å². The van der Waals surface area contributed by atoms with E-state index in [1.54, 1.807) is 0 Å².